The highest BCUT2D eigenvalue weighted by molar-refractivity contribution is 7.92. The van der Waals surface area contributed by atoms with Crippen molar-refractivity contribution in [2.75, 3.05) is 30.8 Å². The zero-order valence-corrected chi connectivity index (χ0v) is 22.6. The molecule has 0 bridgehead atoms. The van der Waals surface area contributed by atoms with Gasteiger partial charge in [-0.1, -0.05) is 49.2 Å². The summed E-state index contributed by atoms with van der Waals surface area (Å²) in [4.78, 5) is 27.9. The van der Waals surface area contributed by atoms with Crippen molar-refractivity contribution in [1.29, 1.82) is 0 Å². The number of sulfonamides is 1. The second-order valence-corrected chi connectivity index (χ2v) is 10.7. The third-order valence-electron chi connectivity index (χ3n) is 5.30. The summed E-state index contributed by atoms with van der Waals surface area (Å²) in [6.07, 6.45) is 2.10. The van der Waals surface area contributed by atoms with Gasteiger partial charge in [0.25, 0.3) is 0 Å². The molecule has 0 aliphatic rings. The Morgan fingerprint density at radius 2 is 1.74 bits per heavy atom. The minimum Gasteiger partial charge on any atom is -0.495 e. The minimum absolute atomic E-state index is 0.106. The number of halogens is 2. The molecule has 11 heteroatoms. The number of nitrogens with zero attached hydrogens (tertiary/aromatic N) is 2. The number of hydrogen-bond donors (Lipinski definition) is 1. The molecule has 0 heterocycles. The maximum Gasteiger partial charge on any atom is 0.244 e. The summed E-state index contributed by atoms with van der Waals surface area (Å²) in [7, 11) is -2.41. The average molecular weight is 545 g/mol. The normalized spacial score (nSPS) is 12.1. The Morgan fingerprint density at radius 3 is 2.26 bits per heavy atom. The molecule has 0 aliphatic heterocycles. The van der Waals surface area contributed by atoms with E-state index in [-0.39, 0.29) is 23.2 Å². The summed E-state index contributed by atoms with van der Waals surface area (Å²) in [5, 5.41) is 3.58. The third kappa shape index (κ3) is 8.02. The van der Waals surface area contributed by atoms with Gasteiger partial charge in [-0.2, -0.15) is 0 Å². The van der Waals surface area contributed by atoms with Crippen LogP contribution in [0.2, 0.25) is 10.0 Å². The molecule has 2 aromatic rings. The van der Waals surface area contributed by atoms with Crippen LogP contribution in [0.1, 0.15) is 32.3 Å². The van der Waals surface area contributed by atoms with E-state index in [1.807, 2.05) is 6.92 Å². The first-order chi connectivity index (χ1) is 16.5. The van der Waals surface area contributed by atoms with Crippen LogP contribution in [-0.4, -0.2) is 57.6 Å². The number of carbonyl (C=O) groups is 2. The highest BCUT2D eigenvalue weighted by Crippen LogP contribution is 2.30. The zero-order valence-electron chi connectivity index (χ0n) is 20.3. The van der Waals surface area contributed by atoms with Gasteiger partial charge in [-0.25, -0.2) is 8.42 Å². The first-order valence-corrected chi connectivity index (χ1v) is 13.7. The van der Waals surface area contributed by atoms with E-state index < -0.39 is 28.5 Å². The van der Waals surface area contributed by atoms with E-state index in [9.17, 15) is 18.0 Å². The summed E-state index contributed by atoms with van der Waals surface area (Å²) >= 11 is 12.2. The number of carbonyl (C=O) groups excluding carboxylic acids is 2. The van der Waals surface area contributed by atoms with Gasteiger partial charge in [-0.3, -0.25) is 13.9 Å². The second kappa shape index (κ2) is 13.0. The minimum atomic E-state index is -3.86. The fraction of sp³-hybridized carbons (Fsp3) is 0.417. The van der Waals surface area contributed by atoms with E-state index in [2.05, 4.69) is 5.32 Å². The molecule has 1 atom stereocenters. The fourth-order valence-corrected chi connectivity index (χ4v) is 4.72. The Bertz CT molecular complexity index is 1130. The van der Waals surface area contributed by atoms with Crippen LogP contribution < -0.4 is 14.4 Å². The molecule has 2 aromatic carbocycles. The van der Waals surface area contributed by atoms with Gasteiger partial charge in [0, 0.05) is 18.1 Å². The quantitative estimate of drug-likeness (QED) is 0.434. The Kier molecular flexibility index (Phi) is 10.7. The number of anilines is 1. The van der Waals surface area contributed by atoms with Crippen LogP contribution in [-0.2, 0) is 26.2 Å². The molecular weight excluding hydrogens is 513 g/mol. The molecule has 0 aromatic heterocycles. The molecular formula is C24H31Cl2N3O5S. The van der Waals surface area contributed by atoms with Crippen LogP contribution >= 0.6 is 23.2 Å². The maximum atomic E-state index is 13.6. The van der Waals surface area contributed by atoms with Crippen molar-refractivity contribution >= 4 is 50.7 Å². The Morgan fingerprint density at radius 1 is 1.09 bits per heavy atom. The third-order valence-corrected chi connectivity index (χ3v) is 6.99. The van der Waals surface area contributed by atoms with E-state index in [4.69, 9.17) is 27.9 Å². The molecule has 1 N–H and O–H groups in total. The largest absolute Gasteiger partial charge is 0.495 e. The van der Waals surface area contributed by atoms with Crippen molar-refractivity contribution in [3.8, 4) is 5.75 Å². The molecule has 8 nitrogen and oxygen atoms in total. The zero-order chi connectivity index (χ0) is 26.2. The summed E-state index contributed by atoms with van der Waals surface area (Å²) < 4.78 is 31.4. The van der Waals surface area contributed by atoms with Gasteiger partial charge in [-0.05, 0) is 48.7 Å². The van der Waals surface area contributed by atoms with Crippen molar-refractivity contribution in [1.82, 2.24) is 10.2 Å². The Hall–Kier alpha value is -2.49. The first kappa shape index (κ1) is 28.7. The van der Waals surface area contributed by atoms with Gasteiger partial charge in [0.05, 0.1) is 24.1 Å². The molecule has 2 rings (SSSR count). The van der Waals surface area contributed by atoms with E-state index in [0.29, 0.717) is 23.7 Å². The molecule has 0 fully saturated rings. The average Bonchev–Trinajstić information content (AvgIpc) is 2.81. The predicted molar refractivity (Wildman–Crippen MR) is 140 cm³/mol. The number of hydrogen-bond acceptors (Lipinski definition) is 5. The van der Waals surface area contributed by atoms with Gasteiger partial charge in [0.2, 0.25) is 21.8 Å². The SMILES string of the molecule is CCCNC(=O)[C@H](CC)N(Cc1ccc(Cl)cc1)C(=O)CN(c1ccc(OC)c(Cl)c1)S(C)(=O)=O. The molecule has 2 amide bonds. The number of rotatable bonds is 12. The number of nitrogens with one attached hydrogen (secondary N) is 1. The molecule has 192 valence electrons. The Labute approximate surface area is 217 Å². The topological polar surface area (TPSA) is 96.0 Å². The van der Waals surface area contributed by atoms with Crippen LogP contribution in [0, 0.1) is 0 Å². The number of benzene rings is 2. The van der Waals surface area contributed by atoms with Gasteiger partial charge in [-0.15, -0.1) is 0 Å². The maximum absolute atomic E-state index is 13.6. The summed E-state index contributed by atoms with van der Waals surface area (Å²) in [6, 6.07) is 10.6. The van der Waals surface area contributed by atoms with Gasteiger partial charge >= 0.3 is 0 Å². The monoisotopic (exact) mass is 543 g/mol. The molecule has 0 saturated heterocycles. The van der Waals surface area contributed by atoms with E-state index in [0.717, 1.165) is 22.5 Å². The van der Waals surface area contributed by atoms with E-state index in [1.54, 1.807) is 31.2 Å². The number of ether oxygens (including phenoxy) is 1. The lowest BCUT2D eigenvalue weighted by atomic mass is 10.1. The number of amides is 2. The second-order valence-electron chi connectivity index (χ2n) is 7.95. The van der Waals surface area contributed by atoms with Crippen LogP contribution in [0.4, 0.5) is 5.69 Å². The van der Waals surface area contributed by atoms with Crippen molar-refractivity contribution < 1.29 is 22.7 Å². The lowest BCUT2D eigenvalue weighted by Gasteiger charge is -2.33. The van der Waals surface area contributed by atoms with Crippen molar-refractivity contribution in [3.05, 3.63) is 58.1 Å². The summed E-state index contributed by atoms with van der Waals surface area (Å²) in [5.41, 5.74) is 0.962. The molecule has 0 unspecified atom stereocenters. The van der Waals surface area contributed by atoms with Crippen molar-refractivity contribution in [2.24, 2.45) is 0 Å². The van der Waals surface area contributed by atoms with Crippen LogP contribution in [0.3, 0.4) is 0 Å². The summed E-state index contributed by atoms with van der Waals surface area (Å²) in [5.74, 6) is -0.455. The highest BCUT2D eigenvalue weighted by Gasteiger charge is 2.31. The smallest absolute Gasteiger partial charge is 0.244 e. The highest BCUT2D eigenvalue weighted by atomic mass is 35.5. The van der Waals surface area contributed by atoms with Crippen molar-refractivity contribution in [2.45, 2.75) is 39.3 Å². The fourth-order valence-electron chi connectivity index (χ4n) is 3.50. The van der Waals surface area contributed by atoms with Gasteiger partial charge in [0.15, 0.2) is 0 Å². The Balaban J connectivity index is 2.43. The number of methoxy groups -OCH3 is 1. The lowest BCUT2D eigenvalue weighted by molar-refractivity contribution is -0.140. The summed E-state index contributed by atoms with van der Waals surface area (Å²) in [6.45, 7) is 3.80. The molecule has 0 spiro atoms. The first-order valence-electron chi connectivity index (χ1n) is 11.1. The van der Waals surface area contributed by atoms with Crippen LogP contribution in [0.5, 0.6) is 5.75 Å². The van der Waals surface area contributed by atoms with Crippen molar-refractivity contribution in [3.63, 3.8) is 0 Å². The molecule has 35 heavy (non-hydrogen) atoms. The van der Waals surface area contributed by atoms with Crippen LogP contribution in [0.15, 0.2) is 42.5 Å². The molecule has 0 saturated carbocycles. The van der Waals surface area contributed by atoms with Gasteiger partial charge < -0.3 is 15.0 Å². The van der Waals surface area contributed by atoms with Crippen LogP contribution in [0.25, 0.3) is 0 Å². The van der Waals surface area contributed by atoms with Gasteiger partial charge in [0.1, 0.15) is 18.3 Å². The predicted octanol–water partition coefficient (Wildman–Crippen LogP) is 4.10. The molecule has 0 radical (unpaired) electrons. The van der Waals surface area contributed by atoms with E-state index in [1.165, 1.54) is 30.2 Å². The standard InChI is InChI=1S/C24H31Cl2N3O5S/c1-5-13-27-24(31)21(6-2)28(15-17-7-9-18(25)10-8-17)23(30)16-29(35(4,32)33)19-11-12-22(34-3)20(26)14-19/h7-12,14,21H,5-6,13,15-16H2,1-4H3,(H,27,31)/t21-/m0/s1. The lowest BCUT2D eigenvalue weighted by Crippen LogP contribution is -2.52. The van der Waals surface area contributed by atoms with E-state index >= 15 is 0 Å². The molecule has 0 aliphatic carbocycles.